The van der Waals surface area contributed by atoms with Gasteiger partial charge in [0, 0.05) is 12.3 Å². The lowest BCUT2D eigenvalue weighted by molar-refractivity contribution is -0.383. The maximum Gasteiger partial charge on any atom is 0.356 e. The van der Waals surface area contributed by atoms with Gasteiger partial charge >= 0.3 is 7.60 Å². The molecule has 1 heterocycles. The minimum atomic E-state index is -4.49. The summed E-state index contributed by atoms with van der Waals surface area (Å²) in [6, 6.07) is 3.59. The second-order valence-corrected chi connectivity index (χ2v) is 4.81. The van der Waals surface area contributed by atoms with E-state index in [0.717, 1.165) is 6.07 Å². The van der Waals surface area contributed by atoms with Crippen LogP contribution in [0, 0.1) is 10.1 Å². The zero-order chi connectivity index (χ0) is 11.9. The summed E-state index contributed by atoms with van der Waals surface area (Å²) in [5, 5.41) is 10.7. The van der Waals surface area contributed by atoms with Gasteiger partial charge in [0.05, 0.1) is 21.1 Å². The molecule has 1 aromatic heterocycles. The molecule has 0 aliphatic rings. The topological polar surface area (TPSA) is 116 Å². The van der Waals surface area contributed by atoms with E-state index in [9.17, 15) is 14.7 Å². The van der Waals surface area contributed by atoms with E-state index in [2.05, 4.69) is 4.98 Å². The van der Waals surface area contributed by atoms with Gasteiger partial charge in [-0.15, -0.1) is 0 Å². The van der Waals surface area contributed by atoms with Crippen molar-refractivity contribution in [3.05, 3.63) is 34.5 Å². The molecular weight excluding hydrogens is 235 g/mol. The molecule has 0 saturated carbocycles. The van der Waals surface area contributed by atoms with Crippen LogP contribution in [0.1, 0.15) is 0 Å². The number of nitrogens with zero attached hydrogens (tertiary/aromatic N) is 1. The number of nitro groups is 1. The minimum Gasteiger partial charge on any atom is -0.361 e. The second kappa shape index (κ2) is 3.41. The lowest BCUT2D eigenvalue weighted by Crippen LogP contribution is -2.05. The van der Waals surface area contributed by atoms with Crippen LogP contribution in [0.4, 0.5) is 5.69 Å². The summed E-state index contributed by atoms with van der Waals surface area (Å²) in [7, 11) is -4.49. The average Bonchev–Trinajstić information content (AvgIpc) is 2.61. The average molecular weight is 242 g/mol. The number of hydrogen-bond acceptors (Lipinski definition) is 3. The molecule has 0 unspecified atom stereocenters. The molecule has 0 atom stereocenters. The van der Waals surface area contributed by atoms with Crippen LogP contribution in [0.5, 0.6) is 0 Å². The molecular formula is C8H7N2O5P. The van der Waals surface area contributed by atoms with Crippen molar-refractivity contribution < 1.29 is 19.3 Å². The highest BCUT2D eigenvalue weighted by atomic mass is 31.2. The van der Waals surface area contributed by atoms with Gasteiger partial charge in [-0.1, -0.05) is 0 Å². The molecule has 0 bridgehead atoms. The summed E-state index contributed by atoms with van der Waals surface area (Å²) in [4.78, 5) is 30.7. The van der Waals surface area contributed by atoms with Gasteiger partial charge in [0.25, 0.3) is 5.69 Å². The van der Waals surface area contributed by atoms with Crippen molar-refractivity contribution in [1.82, 2.24) is 4.98 Å². The number of benzene rings is 1. The molecule has 3 N–H and O–H groups in total. The molecule has 0 aliphatic heterocycles. The van der Waals surface area contributed by atoms with Crippen molar-refractivity contribution in [2.75, 3.05) is 0 Å². The van der Waals surface area contributed by atoms with Crippen molar-refractivity contribution in [3.63, 3.8) is 0 Å². The highest BCUT2D eigenvalue weighted by Gasteiger charge is 2.23. The molecule has 2 rings (SSSR count). The molecule has 16 heavy (non-hydrogen) atoms. The van der Waals surface area contributed by atoms with Crippen LogP contribution in [0.3, 0.4) is 0 Å². The van der Waals surface area contributed by atoms with Gasteiger partial charge in [-0.2, -0.15) is 0 Å². The van der Waals surface area contributed by atoms with Crippen molar-refractivity contribution in [2.45, 2.75) is 0 Å². The zero-order valence-electron chi connectivity index (χ0n) is 7.82. The number of non-ortho nitro benzene ring substituents is 1. The van der Waals surface area contributed by atoms with Gasteiger partial charge < -0.3 is 14.8 Å². The molecule has 0 saturated heterocycles. The third kappa shape index (κ3) is 1.71. The first kappa shape index (κ1) is 10.8. The Balaban J connectivity index is 2.82. The Morgan fingerprint density at radius 3 is 2.62 bits per heavy atom. The van der Waals surface area contributed by atoms with Crippen molar-refractivity contribution in [3.8, 4) is 0 Å². The Morgan fingerprint density at radius 2 is 2.06 bits per heavy atom. The Kier molecular flexibility index (Phi) is 2.31. The molecule has 84 valence electrons. The van der Waals surface area contributed by atoms with Crippen molar-refractivity contribution in [1.29, 1.82) is 0 Å². The Morgan fingerprint density at radius 1 is 1.38 bits per heavy atom. The molecule has 0 amide bonds. The van der Waals surface area contributed by atoms with E-state index in [1.165, 1.54) is 18.3 Å². The van der Waals surface area contributed by atoms with Gasteiger partial charge in [-0.25, -0.2) is 0 Å². The van der Waals surface area contributed by atoms with Crippen molar-refractivity contribution >= 4 is 29.5 Å². The van der Waals surface area contributed by atoms with E-state index in [4.69, 9.17) is 9.79 Å². The first-order valence-electron chi connectivity index (χ1n) is 4.21. The summed E-state index contributed by atoms with van der Waals surface area (Å²) in [6.45, 7) is 0. The summed E-state index contributed by atoms with van der Waals surface area (Å²) in [6.07, 6.45) is 1.47. The van der Waals surface area contributed by atoms with E-state index in [1.54, 1.807) is 0 Å². The molecule has 1 aromatic carbocycles. The normalized spacial score (nSPS) is 11.9. The van der Waals surface area contributed by atoms with Gasteiger partial charge in [0.15, 0.2) is 0 Å². The first-order chi connectivity index (χ1) is 7.39. The maximum atomic E-state index is 11.0. The molecule has 0 fully saturated rings. The summed E-state index contributed by atoms with van der Waals surface area (Å²) < 4.78 is 11.0. The van der Waals surface area contributed by atoms with E-state index in [1.807, 2.05) is 0 Å². The van der Waals surface area contributed by atoms with E-state index >= 15 is 0 Å². The number of nitro benzene ring substituents is 1. The molecule has 0 aliphatic carbocycles. The van der Waals surface area contributed by atoms with Crippen LogP contribution in [0.15, 0.2) is 24.4 Å². The van der Waals surface area contributed by atoms with E-state index < -0.39 is 12.5 Å². The lowest BCUT2D eigenvalue weighted by Gasteiger charge is -2.04. The van der Waals surface area contributed by atoms with E-state index in [-0.39, 0.29) is 11.0 Å². The van der Waals surface area contributed by atoms with Crippen LogP contribution in [-0.4, -0.2) is 19.7 Å². The fourth-order valence-electron chi connectivity index (χ4n) is 1.45. The van der Waals surface area contributed by atoms with Gasteiger partial charge in [-0.3, -0.25) is 14.7 Å². The van der Waals surface area contributed by atoms with E-state index in [0.29, 0.717) is 10.9 Å². The number of nitrogens with one attached hydrogen (secondary N) is 1. The van der Waals surface area contributed by atoms with Gasteiger partial charge in [-0.05, 0) is 12.1 Å². The van der Waals surface area contributed by atoms with Crippen LogP contribution >= 0.6 is 7.60 Å². The van der Waals surface area contributed by atoms with Crippen LogP contribution in [-0.2, 0) is 4.57 Å². The predicted molar refractivity (Wildman–Crippen MR) is 56.6 cm³/mol. The third-order valence-corrected chi connectivity index (χ3v) is 3.10. The lowest BCUT2D eigenvalue weighted by atomic mass is 10.2. The maximum absolute atomic E-state index is 11.0. The Labute approximate surface area is 89.0 Å². The fraction of sp³-hybridized carbons (Fsp3) is 0. The first-order valence-corrected chi connectivity index (χ1v) is 5.82. The minimum absolute atomic E-state index is 0.321. The number of fused-ring (bicyclic) bond motifs is 1. The number of aromatic amines is 1. The third-order valence-electron chi connectivity index (χ3n) is 2.16. The van der Waals surface area contributed by atoms with Gasteiger partial charge in [0.2, 0.25) is 0 Å². The monoisotopic (exact) mass is 242 g/mol. The van der Waals surface area contributed by atoms with Crippen LogP contribution in [0.2, 0.25) is 0 Å². The molecule has 7 nitrogen and oxygen atoms in total. The molecule has 2 aromatic rings. The molecule has 8 heteroatoms. The highest BCUT2D eigenvalue weighted by Crippen LogP contribution is 2.36. The van der Waals surface area contributed by atoms with Crippen LogP contribution in [0.25, 0.3) is 10.9 Å². The fourth-order valence-corrected chi connectivity index (χ4v) is 2.04. The molecule has 0 radical (unpaired) electrons. The Hall–Kier alpha value is -1.69. The molecule has 0 spiro atoms. The zero-order valence-corrected chi connectivity index (χ0v) is 8.72. The van der Waals surface area contributed by atoms with Crippen LogP contribution < -0.4 is 5.30 Å². The summed E-state index contributed by atoms with van der Waals surface area (Å²) in [5.41, 5.74) is 0.00426. The predicted octanol–water partition coefficient (Wildman–Crippen LogP) is 0.879. The second-order valence-electron chi connectivity index (χ2n) is 3.20. The smallest absolute Gasteiger partial charge is 0.356 e. The highest BCUT2D eigenvalue weighted by molar-refractivity contribution is 7.60. The van der Waals surface area contributed by atoms with Crippen molar-refractivity contribution in [2.24, 2.45) is 0 Å². The summed E-state index contributed by atoms with van der Waals surface area (Å²) in [5.74, 6) is 0. The number of hydrogen-bond donors (Lipinski definition) is 3. The SMILES string of the molecule is O=[N+]([O-])c1cc(P(=O)(O)O)cc2[nH]ccc12. The summed E-state index contributed by atoms with van der Waals surface area (Å²) >= 11 is 0. The number of H-pyrrole nitrogens is 1. The number of rotatable bonds is 2. The largest absolute Gasteiger partial charge is 0.361 e. The Bertz CT molecular complexity index is 614. The number of aromatic nitrogens is 1. The van der Waals surface area contributed by atoms with Gasteiger partial charge in [0.1, 0.15) is 0 Å². The quantitative estimate of drug-likeness (QED) is 0.410. The standard InChI is InChI=1S/C8H7N2O5P/c11-10(12)8-4-5(16(13,14)15)3-7-6(8)1-2-9-7/h1-4,9H,(H2,13,14,15).